The summed E-state index contributed by atoms with van der Waals surface area (Å²) in [5.74, 6) is 3.03. The molecule has 2 aliphatic rings. The van der Waals surface area contributed by atoms with Gasteiger partial charge >= 0.3 is 0 Å². The molecule has 0 heterocycles. The predicted molar refractivity (Wildman–Crippen MR) is 110 cm³/mol. The summed E-state index contributed by atoms with van der Waals surface area (Å²) in [5.41, 5.74) is 0. The van der Waals surface area contributed by atoms with Gasteiger partial charge in [-0.25, -0.2) is 0 Å². The van der Waals surface area contributed by atoms with E-state index in [-0.39, 0.29) is 0 Å². The molecular formula is C24H42O. The average Bonchev–Trinajstić information content (AvgIpc) is 2.66. The van der Waals surface area contributed by atoms with Gasteiger partial charge in [-0.1, -0.05) is 63.7 Å². The Kier molecular flexibility index (Phi) is 10.6. The maximum Gasteiger partial charge on any atom is 0.0575 e. The van der Waals surface area contributed by atoms with Crippen LogP contribution in [0.4, 0.5) is 0 Å². The molecule has 0 N–H and O–H groups in total. The second kappa shape index (κ2) is 12.7. The molecule has 2 aliphatic carbocycles. The Morgan fingerprint density at radius 1 is 0.760 bits per heavy atom. The Morgan fingerprint density at radius 2 is 1.32 bits per heavy atom. The van der Waals surface area contributed by atoms with E-state index in [0.29, 0.717) is 6.10 Å². The minimum atomic E-state index is 0.536. The summed E-state index contributed by atoms with van der Waals surface area (Å²) in [6.45, 7) is 6.87. The van der Waals surface area contributed by atoms with Crippen LogP contribution < -0.4 is 0 Å². The van der Waals surface area contributed by atoms with Crippen molar-refractivity contribution in [2.75, 3.05) is 6.61 Å². The maximum absolute atomic E-state index is 5.95. The lowest BCUT2D eigenvalue weighted by Gasteiger charge is -2.32. The predicted octanol–water partition coefficient (Wildman–Crippen LogP) is 7.47. The van der Waals surface area contributed by atoms with Crippen LogP contribution in [-0.4, -0.2) is 12.7 Å². The molecule has 2 fully saturated rings. The van der Waals surface area contributed by atoms with Gasteiger partial charge in [0.05, 0.1) is 12.7 Å². The highest BCUT2D eigenvalue weighted by Crippen LogP contribution is 2.37. The van der Waals surface area contributed by atoms with E-state index >= 15 is 0 Å². The van der Waals surface area contributed by atoms with Crippen molar-refractivity contribution >= 4 is 0 Å². The van der Waals surface area contributed by atoms with Gasteiger partial charge in [-0.2, -0.15) is 0 Å². The molecule has 0 aromatic carbocycles. The molecule has 0 radical (unpaired) electrons. The van der Waals surface area contributed by atoms with Gasteiger partial charge in [-0.15, -0.1) is 6.58 Å². The van der Waals surface area contributed by atoms with E-state index in [0.717, 1.165) is 30.8 Å². The molecular weight excluding hydrogens is 304 g/mol. The zero-order valence-corrected chi connectivity index (χ0v) is 16.8. The molecule has 144 valence electrons. The molecule has 2 saturated carbocycles. The lowest BCUT2D eigenvalue weighted by atomic mass is 9.76. The smallest absolute Gasteiger partial charge is 0.0575 e. The van der Waals surface area contributed by atoms with Crippen LogP contribution >= 0.6 is 0 Å². The Hall–Kier alpha value is -0.560. The highest BCUT2D eigenvalue weighted by atomic mass is 16.5. The van der Waals surface area contributed by atoms with Gasteiger partial charge in [-0.3, -0.25) is 0 Å². The largest absolute Gasteiger partial charge is 0.378 e. The van der Waals surface area contributed by atoms with Crippen LogP contribution in [-0.2, 0) is 4.74 Å². The van der Waals surface area contributed by atoms with Crippen molar-refractivity contribution in [1.29, 1.82) is 0 Å². The Balaban J connectivity index is 1.50. The zero-order chi connectivity index (χ0) is 17.7. The standard InChI is InChI=1S/C24H42O/c1-3-5-7-8-9-21-10-12-22(13-11-21)14-15-23-16-18-24(19-17-23)25-20-6-4-2/h4-5,7,21-24H,2-3,6,8-20H2,1H3/b7-5+. The third kappa shape index (κ3) is 8.58. The SMILES string of the molecule is C=CCCOC1CCC(CCC2CCC(CC/C=C/CC)CC2)CC1. The van der Waals surface area contributed by atoms with E-state index in [1.807, 2.05) is 6.08 Å². The van der Waals surface area contributed by atoms with Gasteiger partial charge in [0.1, 0.15) is 0 Å². The van der Waals surface area contributed by atoms with Crippen LogP contribution in [0.2, 0.25) is 0 Å². The summed E-state index contributed by atoms with van der Waals surface area (Å²) in [5, 5.41) is 0. The average molecular weight is 347 g/mol. The van der Waals surface area contributed by atoms with Gasteiger partial charge in [0.25, 0.3) is 0 Å². The van der Waals surface area contributed by atoms with Crippen LogP contribution in [0.5, 0.6) is 0 Å². The third-order valence-corrected chi connectivity index (χ3v) is 6.56. The molecule has 0 aromatic heterocycles. The molecule has 0 aliphatic heterocycles. The van der Waals surface area contributed by atoms with Crippen LogP contribution in [0.1, 0.15) is 96.8 Å². The first-order valence-electron chi connectivity index (χ1n) is 11.2. The van der Waals surface area contributed by atoms with Gasteiger partial charge in [0.15, 0.2) is 0 Å². The maximum atomic E-state index is 5.95. The molecule has 1 heteroatoms. The van der Waals surface area contributed by atoms with E-state index in [9.17, 15) is 0 Å². The molecule has 0 atom stereocenters. The lowest BCUT2D eigenvalue weighted by Crippen LogP contribution is -2.23. The number of hydrogen-bond acceptors (Lipinski definition) is 1. The summed E-state index contributed by atoms with van der Waals surface area (Å²) >= 11 is 0. The second-order valence-electron chi connectivity index (χ2n) is 8.51. The highest BCUT2D eigenvalue weighted by Gasteiger charge is 2.24. The van der Waals surface area contributed by atoms with Gasteiger partial charge < -0.3 is 4.74 Å². The minimum absolute atomic E-state index is 0.536. The summed E-state index contributed by atoms with van der Waals surface area (Å²) in [6, 6.07) is 0. The van der Waals surface area contributed by atoms with Gasteiger partial charge in [-0.05, 0) is 69.1 Å². The Morgan fingerprint density at radius 3 is 1.88 bits per heavy atom. The highest BCUT2D eigenvalue weighted by molar-refractivity contribution is 4.83. The fourth-order valence-corrected chi connectivity index (χ4v) is 4.80. The molecule has 1 nitrogen and oxygen atoms in total. The molecule has 0 bridgehead atoms. The monoisotopic (exact) mass is 346 g/mol. The lowest BCUT2D eigenvalue weighted by molar-refractivity contribution is 0.0189. The number of ether oxygens (including phenoxy) is 1. The minimum Gasteiger partial charge on any atom is -0.378 e. The molecule has 0 unspecified atom stereocenters. The fraction of sp³-hybridized carbons (Fsp3) is 0.833. The summed E-state index contributed by atoms with van der Waals surface area (Å²) in [4.78, 5) is 0. The molecule has 0 spiro atoms. The molecule has 0 amide bonds. The fourth-order valence-electron chi connectivity index (χ4n) is 4.80. The first-order valence-corrected chi connectivity index (χ1v) is 11.2. The van der Waals surface area contributed by atoms with Crippen molar-refractivity contribution in [2.45, 2.75) is 103 Å². The quantitative estimate of drug-likeness (QED) is 0.278. The topological polar surface area (TPSA) is 9.23 Å². The van der Waals surface area contributed by atoms with Crippen molar-refractivity contribution < 1.29 is 4.74 Å². The van der Waals surface area contributed by atoms with Crippen LogP contribution in [0.3, 0.4) is 0 Å². The normalized spacial score (nSPS) is 30.6. The number of rotatable bonds is 11. The van der Waals surface area contributed by atoms with Crippen LogP contribution in [0, 0.1) is 17.8 Å². The van der Waals surface area contributed by atoms with Crippen molar-refractivity contribution in [3.05, 3.63) is 24.8 Å². The van der Waals surface area contributed by atoms with Crippen LogP contribution in [0.15, 0.2) is 24.8 Å². The molecule has 25 heavy (non-hydrogen) atoms. The van der Waals surface area contributed by atoms with E-state index in [4.69, 9.17) is 4.74 Å². The van der Waals surface area contributed by atoms with Crippen molar-refractivity contribution in [3.8, 4) is 0 Å². The summed E-state index contributed by atoms with van der Waals surface area (Å²) < 4.78 is 5.95. The van der Waals surface area contributed by atoms with E-state index in [1.54, 1.807) is 0 Å². The van der Waals surface area contributed by atoms with Crippen LogP contribution in [0.25, 0.3) is 0 Å². The van der Waals surface area contributed by atoms with Gasteiger partial charge in [0.2, 0.25) is 0 Å². The third-order valence-electron chi connectivity index (χ3n) is 6.56. The Labute approximate surface area is 157 Å². The Bertz CT molecular complexity index is 356. The number of allylic oxidation sites excluding steroid dienone is 2. The molecule has 2 rings (SSSR count). The van der Waals surface area contributed by atoms with E-state index in [2.05, 4.69) is 25.7 Å². The second-order valence-corrected chi connectivity index (χ2v) is 8.51. The summed E-state index contributed by atoms with van der Waals surface area (Å²) in [6.07, 6.45) is 26.5. The zero-order valence-electron chi connectivity index (χ0n) is 16.8. The van der Waals surface area contributed by atoms with Crippen molar-refractivity contribution in [3.63, 3.8) is 0 Å². The first kappa shape index (κ1) is 20.7. The molecule has 0 aromatic rings. The number of hydrogen-bond donors (Lipinski definition) is 0. The van der Waals surface area contributed by atoms with Crippen molar-refractivity contribution in [2.24, 2.45) is 17.8 Å². The van der Waals surface area contributed by atoms with E-state index in [1.165, 1.54) is 83.5 Å². The molecule has 0 saturated heterocycles. The first-order chi connectivity index (χ1) is 12.3. The van der Waals surface area contributed by atoms with Crippen molar-refractivity contribution in [1.82, 2.24) is 0 Å². The van der Waals surface area contributed by atoms with E-state index < -0.39 is 0 Å². The summed E-state index contributed by atoms with van der Waals surface area (Å²) in [7, 11) is 0. The van der Waals surface area contributed by atoms with Gasteiger partial charge in [0, 0.05) is 0 Å².